The second-order valence-corrected chi connectivity index (χ2v) is 6.32. The van der Waals surface area contributed by atoms with Crippen LogP contribution in [0.15, 0.2) is 30.6 Å². The van der Waals surface area contributed by atoms with Crippen molar-refractivity contribution in [1.29, 1.82) is 0 Å². The van der Waals surface area contributed by atoms with Crippen molar-refractivity contribution in [2.75, 3.05) is 25.4 Å². The number of carbonyl (C=O) groups excluding carboxylic acids is 1. The van der Waals surface area contributed by atoms with Gasteiger partial charge < -0.3 is 11.1 Å². The smallest absolute Gasteiger partial charge is 0.269 e. The first kappa shape index (κ1) is 16.4. The summed E-state index contributed by atoms with van der Waals surface area (Å²) in [7, 11) is 1.78. The Morgan fingerprint density at radius 3 is 2.79 bits per heavy atom. The van der Waals surface area contributed by atoms with Crippen LogP contribution in [0.5, 0.6) is 0 Å². The largest absolute Gasteiger partial charge is 0.383 e. The van der Waals surface area contributed by atoms with Crippen LogP contribution < -0.4 is 11.1 Å². The Morgan fingerprint density at radius 2 is 2.12 bits per heavy atom. The molecule has 2 aromatic heterocycles. The van der Waals surface area contributed by atoms with Crippen LogP contribution in [0.2, 0.25) is 0 Å². The maximum atomic E-state index is 12.1. The monoisotopic (exact) mass is 328 g/mol. The lowest BCUT2D eigenvalue weighted by molar-refractivity contribution is 0.0926. The molecule has 2 aromatic rings. The van der Waals surface area contributed by atoms with Crippen molar-refractivity contribution in [3.8, 4) is 0 Å². The third kappa shape index (κ3) is 3.91. The molecule has 24 heavy (non-hydrogen) atoms. The van der Waals surface area contributed by atoms with Crippen LogP contribution in [-0.2, 0) is 13.6 Å². The highest BCUT2D eigenvalue weighted by Crippen LogP contribution is 2.20. The summed E-state index contributed by atoms with van der Waals surface area (Å²) in [4.78, 5) is 18.6. The van der Waals surface area contributed by atoms with Gasteiger partial charge in [-0.15, -0.1) is 0 Å². The summed E-state index contributed by atoms with van der Waals surface area (Å²) in [6.07, 6.45) is 5.51. The first-order valence-corrected chi connectivity index (χ1v) is 8.31. The van der Waals surface area contributed by atoms with Crippen molar-refractivity contribution in [2.45, 2.75) is 19.4 Å². The maximum absolute atomic E-state index is 12.1. The number of nitrogens with zero attached hydrogens (tertiary/aromatic N) is 4. The molecule has 1 saturated heterocycles. The van der Waals surface area contributed by atoms with Gasteiger partial charge in [-0.3, -0.25) is 14.4 Å². The number of carbonyl (C=O) groups is 1. The van der Waals surface area contributed by atoms with Crippen molar-refractivity contribution < 1.29 is 4.79 Å². The minimum Gasteiger partial charge on any atom is -0.383 e. The van der Waals surface area contributed by atoms with Gasteiger partial charge in [-0.2, -0.15) is 5.10 Å². The molecule has 1 amide bonds. The zero-order valence-corrected chi connectivity index (χ0v) is 14.0. The summed E-state index contributed by atoms with van der Waals surface area (Å²) >= 11 is 0. The van der Waals surface area contributed by atoms with Crippen LogP contribution >= 0.6 is 0 Å². The Labute approximate surface area is 141 Å². The molecule has 128 valence electrons. The topological polar surface area (TPSA) is 89.1 Å². The third-order valence-electron chi connectivity index (χ3n) is 4.63. The van der Waals surface area contributed by atoms with E-state index in [1.807, 2.05) is 12.1 Å². The molecule has 0 saturated carbocycles. The Bertz CT molecular complexity index is 690. The van der Waals surface area contributed by atoms with Gasteiger partial charge in [-0.25, -0.2) is 4.98 Å². The van der Waals surface area contributed by atoms with Crippen molar-refractivity contribution in [3.63, 3.8) is 0 Å². The Hall–Kier alpha value is -2.41. The van der Waals surface area contributed by atoms with Crippen LogP contribution in [0.1, 0.15) is 28.9 Å². The maximum Gasteiger partial charge on any atom is 0.269 e. The zero-order chi connectivity index (χ0) is 16.9. The van der Waals surface area contributed by atoms with Gasteiger partial charge in [-0.1, -0.05) is 6.07 Å². The number of nitrogens with one attached hydrogen (secondary N) is 1. The van der Waals surface area contributed by atoms with Crippen LogP contribution in [0.3, 0.4) is 0 Å². The lowest BCUT2D eigenvalue weighted by Gasteiger charge is -2.32. The standard InChI is InChI=1S/C17H24N6O/c1-22-15(4-8-21-22)17(24)20-11-13-5-9-23(10-6-13)12-14-3-2-7-19-16(14)18/h2-4,7-8,13H,5-6,9-12H2,1H3,(H2,18,19)(H,20,24). The number of piperidine rings is 1. The van der Waals surface area contributed by atoms with Crippen molar-refractivity contribution in [3.05, 3.63) is 41.9 Å². The van der Waals surface area contributed by atoms with Crippen molar-refractivity contribution >= 4 is 11.7 Å². The van der Waals surface area contributed by atoms with Gasteiger partial charge in [-0.05, 0) is 44.0 Å². The number of likely N-dealkylation sites (tertiary alicyclic amines) is 1. The predicted octanol–water partition coefficient (Wildman–Crippen LogP) is 1.04. The third-order valence-corrected chi connectivity index (χ3v) is 4.63. The number of hydrogen-bond acceptors (Lipinski definition) is 5. The minimum absolute atomic E-state index is 0.0550. The number of anilines is 1. The summed E-state index contributed by atoms with van der Waals surface area (Å²) in [5.41, 5.74) is 7.59. The fourth-order valence-corrected chi connectivity index (χ4v) is 3.10. The van der Waals surface area contributed by atoms with E-state index in [-0.39, 0.29) is 5.91 Å². The normalized spacial score (nSPS) is 16.2. The molecule has 1 fully saturated rings. The van der Waals surface area contributed by atoms with Crippen molar-refractivity contribution in [2.24, 2.45) is 13.0 Å². The molecule has 0 spiro atoms. The van der Waals surface area contributed by atoms with Crippen LogP contribution in [0, 0.1) is 5.92 Å². The minimum atomic E-state index is -0.0550. The molecule has 3 heterocycles. The molecule has 7 nitrogen and oxygen atoms in total. The number of aromatic nitrogens is 3. The molecule has 0 bridgehead atoms. The number of amides is 1. The number of hydrogen-bond donors (Lipinski definition) is 2. The van der Waals surface area contributed by atoms with Gasteiger partial charge in [0, 0.05) is 38.1 Å². The van der Waals surface area contributed by atoms with E-state index in [9.17, 15) is 4.79 Å². The first-order chi connectivity index (χ1) is 11.6. The summed E-state index contributed by atoms with van der Waals surface area (Å²) in [5, 5.41) is 7.04. The number of pyridine rings is 1. The lowest BCUT2D eigenvalue weighted by atomic mass is 9.96. The molecule has 1 aliphatic rings. The summed E-state index contributed by atoms with van der Waals surface area (Å²) in [5.74, 6) is 1.08. The second kappa shape index (κ2) is 7.44. The predicted molar refractivity (Wildman–Crippen MR) is 92.2 cm³/mol. The van der Waals surface area contributed by atoms with E-state index in [2.05, 4.69) is 20.3 Å². The van der Waals surface area contributed by atoms with Crippen LogP contribution in [0.25, 0.3) is 0 Å². The highest BCUT2D eigenvalue weighted by Gasteiger charge is 2.21. The molecule has 0 radical (unpaired) electrons. The fourth-order valence-electron chi connectivity index (χ4n) is 3.10. The van der Waals surface area contributed by atoms with Gasteiger partial charge in [0.1, 0.15) is 11.5 Å². The lowest BCUT2D eigenvalue weighted by Crippen LogP contribution is -2.38. The average Bonchev–Trinajstić information content (AvgIpc) is 3.02. The molecule has 0 atom stereocenters. The number of rotatable bonds is 5. The summed E-state index contributed by atoms with van der Waals surface area (Å²) in [6, 6.07) is 5.69. The van der Waals surface area contributed by atoms with Gasteiger partial charge >= 0.3 is 0 Å². The molecular weight excluding hydrogens is 304 g/mol. The molecule has 1 aliphatic heterocycles. The van der Waals surface area contributed by atoms with E-state index in [0.29, 0.717) is 24.0 Å². The molecule has 3 N–H and O–H groups in total. The van der Waals surface area contributed by atoms with E-state index in [1.54, 1.807) is 30.2 Å². The van der Waals surface area contributed by atoms with E-state index in [1.165, 1.54) is 0 Å². The van der Waals surface area contributed by atoms with Gasteiger partial charge in [0.05, 0.1) is 0 Å². The summed E-state index contributed by atoms with van der Waals surface area (Å²) < 4.78 is 1.59. The Balaban J connectivity index is 1.43. The molecule has 0 aromatic carbocycles. The Kier molecular flexibility index (Phi) is 5.10. The quantitative estimate of drug-likeness (QED) is 0.856. The van der Waals surface area contributed by atoms with E-state index in [4.69, 9.17) is 5.73 Å². The van der Waals surface area contributed by atoms with Crippen LogP contribution in [0.4, 0.5) is 5.82 Å². The first-order valence-electron chi connectivity index (χ1n) is 8.31. The average molecular weight is 328 g/mol. The molecule has 0 aliphatic carbocycles. The summed E-state index contributed by atoms with van der Waals surface area (Å²) in [6.45, 7) is 3.59. The number of nitrogen functional groups attached to an aromatic ring is 1. The van der Waals surface area contributed by atoms with Crippen LogP contribution in [-0.4, -0.2) is 45.2 Å². The van der Waals surface area contributed by atoms with E-state index in [0.717, 1.165) is 38.0 Å². The molecule has 0 unspecified atom stereocenters. The van der Waals surface area contributed by atoms with Gasteiger partial charge in [0.2, 0.25) is 0 Å². The molecular formula is C17H24N6O. The molecule has 3 rings (SSSR count). The zero-order valence-electron chi connectivity index (χ0n) is 14.0. The van der Waals surface area contributed by atoms with E-state index >= 15 is 0 Å². The highest BCUT2D eigenvalue weighted by atomic mass is 16.2. The van der Waals surface area contributed by atoms with Gasteiger partial charge in [0.25, 0.3) is 5.91 Å². The highest BCUT2D eigenvalue weighted by molar-refractivity contribution is 5.92. The van der Waals surface area contributed by atoms with E-state index < -0.39 is 0 Å². The Morgan fingerprint density at radius 1 is 1.33 bits per heavy atom. The fraction of sp³-hybridized carbons (Fsp3) is 0.471. The second-order valence-electron chi connectivity index (χ2n) is 6.32. The van der Waals surface area contributed by atoms with Crippen molar-refractivity contribution in [1.82, 2.24) is 25.0 Å². The number of nitrogens with two attached hydrogens (primary N) is 1. The van der Waals surface area contributed by atoms with Gasteiger partial charge in [0.15, 0.2) is 0 Å². The SMILES string of the molecule is Cn1nccc1C(=O)NCC1CCN(Cc2cccnc2N)CC1. The molecule has 7 heteroatoms. The number of aryl methyl sites for hydroxylation is 1.